The van der Waals surface area contributed by atoms with E-state index in [4.69, 9.17) is 0 Å². The fourth-order valence-electron chi connectivity index (χ4n) is 1.48. The molecule has 17 heteroatoms. The van der Waals surface area contributed by atoms with Crippen molar-refractivity contribution in [3.63, 3.8) is 0 Å². The van der Waals surface area contributed by atoms with Gasteiger partial charge in [0.25, 0.3) is 0 Å². The predicted octanol–water partition coefficient (Wildman–Crippen LogP) is 4.80. The molecular formula is C16H28BPY15-4. The molecule has 0 aliphatic rings. The Morgan fingerprint density at radius 3 is 1.09 bits per heavy atom. The van der Waals surface area contributed by atoms with Crippen LogP contribution in [0.5, 0.6) is 0 Å². The minimum absolute atomic E-state index is 0. The zero-order valence-corrected chi connectivity index (χ0v) is 65.5. The Balaban J connectivity index is -0.00000000628. The number of hydrogen-bond acceptors (Lipinski definition) is 0. The molecule has 0 saturated carbocycles. The van der Waals surface area contributed by atoms with Crippen molar-refractivity contribution in [2.24, 2.45) is 0 Å². The van der Waals surface area contributed by atoms with Crippen molar-refractivity contribution in [3.05, 3.63) is 55.7 Å². The van der Waals surface area contributed by atoms with Crippen LogP contribution in [0.1, 0.15) is 44.4 Å². The fourth-order valence-corrected chi connectivity index (χ4v) is 1.48. The van der Waals surface area contributed by atoms with Gasteiger partial charge in [0.2, 0.25) is 0 Å². The van der Waals surface area contributed by atoms with E-state index < -0.39 is 0 Å². The van der Waals surface area contributed by atoms with Gasteiger partial charge in [0.1, 0.15) is 0 Å². The number of benzene rings is 1. The maximum atomic E-state index is 4.42. The molecule has 0 aliphatic heterocycles. The van der Waals surface area contributed by atoms with Crippen LogP contribution in [0.3, 0.4) is 0 Å². The second-order valence-electron chi connectivity index (χ2n) is 4.70. The summed E-state index contributed by atoms with van der Waals surface area (Å²) in [4.78, 5) is 0. The maximum absolute atomic E-state index is 4.42. The molecule has 0 aliphatic carbocycles. The molecule has 1 unspecified atom stereocenters. The minimum atomic E-state index is -0.0300. The molecular weight excluding hydrogens is 1570 g/mol. The molecule has 0 saturated heterocycles. The van der Waals surface area contributed by atoms with E-state index in [1.807, 2.05) is 35.5 Å². The summed E-state index contributed by atoms with van der Waals surface area (Å²) in [5, 5.41) is 0. The van der Waals surface area contributed by atoms with Gasteiger partial charge in [-0.2, -0.15) is 63.3 Å². The Morgan fingerprint density at radius 2 is 0.939 bits per heavy atom. The molecule has 1 atom stereocenters. The quantitative estimate of drug-likeness (QED) is 0.216. The van der Waals surface area contributed by atoms with Crippen molar-refractivity contribution >= 4 is 16.7 Å². The van der Waals surface area contributed by atoms with Crippen LogP contribution in [0, 0.1) is 40.7 Å². The normalized spacial score (nSPS) is 4.97. The largest absolute Gasteiger partial charge is 0.358 e. The van der Waals surface area contributed by atoms with Gasteiger partial charge in [-0.3, -0.25) is 0 Å². The van der Waals surface area contributed by atoms with Gasteiger partial charge in [0.05, 0.1) is 7.57 Å². The van der Waals surface area contributed by atoms with Crippen LogP contribution in [-0.2, 0) is 496 Å². The second-order valence-corrected chi connectivity index (χ2v) is 4.70. The van der Waals surface area contributed by atoms with Crippen LogP contribution in [0.15, 0.2) is 12.1 Å². The number of aryl methyl sites for hydroxylation is 2. The average Bonchev–Trinajstić information content (AvgIpc) is 2.19. The van der Waals surface area contributed by atoms with Gasteiger partial charge in [-0.1, -0.05) is 27.7 Å². The summed E-state index contributed by atoms with van der Waals surface area (Å²) < 4.78 is 0. The Kier molecular flexibility index (Phi) is 308. The molecule has 0 heterocycles. The van der Waals surface area contributed by atoms with E-state index in [1.54, 1.807) is 0 Å². The zero-order chi connectivity index (χ0) is 14.1. The van der Waals surface area contributed by atoms with Gasteiger partial charge in [0.15, 0.2) is 0 Å². The van der Waals surface area contributed by atoms with Crippen molar-refractivity contribution in [1.29, 1.82) is 0 Å². The van der Waals surface area contributed by atoms with Crippen LogP contribution >= 0.6 is 9.12 Å². The smallest absolute Gasteiger partial charge is 0.0996 e. The van der Waals surface area contributed by atoms with E-state index in [9.17, 15) is 0 Å². The fraction of sp³-hybridized carbons (Fsp3) is 0.438. The van der Waals surface area contributed by atoms with E-state index >= 15 is 0 Å². The van der Waals surface area contributed by atoms with E-state index in [-0.39, 0.29) is 503 Å². The SMILES string of the molecule is C[CH-]C.[B]P.[CH2-]C(C)(C)c1[c-]cc(C)cc1C.[CH3-].[Y].[Y].[Y].[Y].[Y].[Y].[Y].[Y].[Y].[Y].[Y].[Y].[Y].[Y].[Y]. The van der Waals surface area contributed by atoms with Crippen LogP contribution in [0.2, 0.25) is 0 Å². The summed E-state index contributed by atoms with van der Waals surface area (Å²) in [6, 6.07) is 7.48. The topological polar surface area (TPSA) is 0 Å². The van der Waals surface area contributed by atoms with Crippen LogP contribution in [-0.4, -0.2) is 7.57 Å². The van der Waals surface area contributed by atoms with Gasteiger partial charge in [-0.15, -0.1) is 0 Å². The molecule has 0 spiro atoms. The van der Waals surface area contributed by atoms with Crippen molar-refractivity contribution in [2.75, 3.05) is 0 Å². The first kappa shape index (κ1) is 117. The third kappa shape index (κ3) is 83.1. The molecule has 0 bridgehead atoms. The standard InChI is InChI=1S/C12H16.C3H7.CH3.BH2P.15Y/c1-9-6-7-11(10(2)8-9)12(3,4)5;1-3-2;;1-2;;;;;;;;;;;;;;;/h6,8H,3H2,1-2,4-5H3;3H,1-2H3;1H3;2H2;;;;;;;;;;;;;;;/q-2;2*-1;;;;;;;;;;;;;;;;. The monoisotopic (exact) mass is 1600 g/mol. The summed E-state index contributed by atoms with van der Waals surface area (Å²) in [5.41, 5.74) is 3.74. The summed E-state index contributed by atoms with van der Waals surface area (Å²) in [7, 11) is 6.33. The molecule has 1 aromatic carbocycles. The molecule has 0 fully saturated rings. The Morgan fingerprint density at radius 1 is 0.727 bits per heavy atom. The van der Waals surface area contributed by atoms with Crippen LogP contribution in [0.25, 0.3) is 0 Å². The number of rotatable bonds is 1. The van der Waals surface area contributed by atoms with Gasteiger partial charge >= 0.3 is 0 Å². The first-order valence-corrected chi connectivity index (χ1v) is 6.41. The summed E-state index contributed by atoms with van der Waals surface area (Å²) in [6.45, 7) is 16.5. The molecule has 33 heavy (non-hydrogen) atoms. The number of hydrogen-bond donors (Lipinski definition) is 0. The van der Waals surface area contributed by atoms with E-state index in [2.05, 4.69) is 54.3 Å². The molecule has 149 valence electrons. The maximum Gasteiger partial charge on any atom is 0.0996 e. The first-order valence-electron chi connectivity index (χ1n) is 5.75. The van der Waals surface area contributed by atoms with Crippen LogP contribution in [0.4, 0.5) is 0 Å². The van der Waals surface area contributed by atoms with Crippen molar-refractivity contribution in [1.82, 2.24) is 0 Å². The Hall–Kier alpha value is 16.3. The van der Waals surface area contributed by atoms with E-state index in [0.29, 0.717) is 0 Å². The van der Waals surface area contributed by atoms with Gasteiger partial charge < -0.3 is 20.8 Å². The second kappa shape index (κ2) is 86.7. The molecule has 0 N–H and O–H groups in total. The third-order valence-corrected chi connectivity index (χ3v) is 1.96. The van der Waals surface area contributed by atoms with Gasteiger partial charge in [0, 0.05) is 491 Å². The predicted molar refractivity (Wildman–Crippen MR) is 90.7 cm³/mol. The van der Waals surface area contributed by atoms with E-state index in [0.717, 1.165) is 0 Å². The van der Waals surface area contributed by atoms with Gasteiger partial charge in [-0.05, 0) is 0 Å². The third-order valence-electron chi connectivity index (χ3n) is 1.96. The summed E-state index contributed by atoms with van der Waals surface area (Å²) in [5.74, 6) is 0. The van der Waals surface area contributed by atoms with Crippen molar-refractivity contribution in [3.8, 4) is 0 Å². The average molecular weight is 1600 g/mol. The van der Waals surface area contributed by atoms with Crippen molar-refractivity contribution < 1.29 is 491 Å². The van der Waals surface area contributed by atoms with Crippen molar-refractivity contribution in [2.45, 2.75) is 47.0 Å². The van der Waals surface area contributed by atoms with E-state index in [1.165, 1.54) is 16.7 Å². The molecule has 17 radical (unpaired) electrons. The zero-order valence-electron chi connectivity index (χ0n) is 21.8. The molecule has 1 aromatic rings. The molecule has 0 nitrogen and oxygen atoms in total. The molecule has 0 amide bonds. The summed E-state index contributed by atoms with van der Waals surface area (Å²) >= 11 is 0. The van der Waals surface area contributed by atoms with Gasteiger partial charge in [-0.25, -0.2) is 0 Å². The Bertz CT molecular complexity index is 333. The van der Waals surface area contributed by atoms with Crippen LogP contribution < -0.4 is 0 Å². The molecule has 1 rings (SSSR count). The first-order chi connectivity index (χ1) is 7.82. The minimum Gasteiger partial charge on any atom is -0.358 e. The molecule has 0 aromatic heterocycles. The Labute approximate surface area is 590 Å². The summed E-state index contributed by atoms with van der Waals surface area (Å²) in [6.07, 6.45) is 2.00.